The highest BCUT2D eigenvalue weighted by Crippen LogP contribution is 2.26. The molecule has 100 valence electrons. The van der Waals surface area contributed by atoms with Crippen LogP contribution < -0.4 is 10.1 Å². The number of methoxy groups -OCH3 is 1. The van der Waals surface area contributed by atoms with E-state index in [0.29, 0.717) is 11.7 Å². The van der Waals surface area contributed by atoms with E-state index in [0.717, 1.165) is 30.0 Å². The summed E-state index contributed by atoms with van der Waals surface area (Å²) < 4.78 is 5.32. The van der Waals surface area contributed by atoms with Crippen LogP contribution in [0, 0.1) is 6.92 Å². The van der Waals surface area contributed by atoms with E-state index in [-0.39, 0.29) is 0 Å². The Balaban J connectivity index is 2.41. The van der Waals surface area contributed by atoms with E-state index >= 15 is 0 Å². The summed E-state index contributed by atoms with van der Waals surface area (Å²) in [5.74, 6) is 1.34. The predicted octanol–water partition coefficient (Wildman–Crippen LogP) is 2.68. The summed E-state index contributed by atoms with van der Waals surface area (Å²) in [5.41, 5.74) is 2.40. The van der Waals surface area contributed by atoms with Crippen molar-refractivity contribution >= 4 is 5.95 Å². The zero-order valence-electron chi connectivity index (χ0n) is 11.5. The van der Waals surface area contributed by atoms with Gasteiger partial charge in [0.25, 0.3) is 0 Å². The molecule has 0 radical (unpaired) electrons. The molecule has 5 nitrogen and oxygen atoms in total. The normalized spacial score (nSPS) is 10.3. The van der Waals surface area contributed by atoms with E-state index in [4.69, 9.17) is 4.74 Å². The highest BCUT2D eigenvalue weighted by molar-refractivity contribution is 5.63. The van der Waals surface area contributed by atoms with Crippen molar-refractivity contribution in [2.24, 2.45) is 0 Å². The standard InChI is InChI=1S/C14H18N4O/c1-4-7-16-14-17-10(2)9-11(18-14)13-12(19-3)6-5-8-15-13/h5-6,8-9H,4,7H2,1-3H3,(H,16,17,18). The van der Waals surface area contributed by atoms with E-state index in [1.807, 2.05) is 25.1 Å². The third-order valence-corrected chi connectivity index (χ3v) is 2.62. The Hall–Kier alpha value is -2.17. The third-order valence-electron chi connectivity index (χ3n) is 2.62. The van der Waals surface area contributed by atoms with Gasteiger partial charge in [-0.25, -0.2) is 9.97 Å². The Morgan fingerprint density at radius 1 is 1.32 bits per heavy atom. The van der Waals surface area contributed by atoms with Crippen LogP contribution in [-0.4, -0.2) is 28.6 Å². The molecule has 2 rings (SSSR count). The van der Waals surface area contributed by atoms with Crippen molar-refractivity contribution in [2.75, 3.05) is 19.0 Å². The molecular formula is C14H18N4O. The molecule has 0 spiro atoms. The molecule has 0 amide bonds. The molecule has 2 aromatic rings. The van der Waals surface area contributed by atoms with Crippen LogP contribution in [0.1, 0.15) is 19.0 Å². The average Bonchev–Trinajstić information content (AvgIpc) is 2.44. The summed E-state index contributed by atoms with van der Waals surface area (Å²) in [6.45, 7) is 4.89. The fraction of sp³-hybridized carbons (Fsp3) is 0.357. The van der Waals surface area contributed by atoms with Gasteiger partial charge in [-0.3, -0.25) is 4.98 Å². The van der Waals surface area contributed by atoms with Crippen LogP contribution in [0.5, 0.6) is 5.75 Å². The molecule has 0 fully saturated rings. The fourth-order valence-electron chi connectivity index (χ4n) is 1.75. The molecule has 0 aromatic carbocycles. The van der Waals surface area contributed by atoms with Gasteiger partial charge in [0, 0.05) is 18.4 Å². The summed E-state index contributed by atoms with van der Waals surface area (Å²) in [5, 5.41) is 3.19. The minimum atomic E-state index is 0.629. The largest absolute Gasteiger partial charge is 0.494 e. The lowest BCUT2D eigenvalue weighted by Gasteiger charge is -2.09. The van der Waals surface area contributed by atoms with Gasteiger partial charge >= 0.3 is 0 Å². The second kappa shape index (κ2) is 6.13. The van der Waals surface area contributed by atoms with Gasteiger partial charge in [-0.1, -0.05) is 6.92 Å². The number of ether oxygens (including phenoxy) is 1. The van der Waals surface area contributed by atoms with Gasteiger partial charge in [0.05, 0.1) is 12.8 Å². The van der Waals surface area contributed by atoms with Crippen LogP contribution in [0.3, 0.4) is 0 Å². The van der Waals surface area contributed by atoms with E-state index in [1.54, 1.807) is 13.3 Å². The van der Waals surface area contributed by atoms with Gasteiger partial charge in [0.2, 0.25) is 5.95 Å². The second-order valence-corrected chi connectivity index (χ2v) is 4.20. The summed E-state index contributed by atoms with van der Waals surface area (Å²) in [6, 6.07) is 5.62. The first kappa shape index (κ1) is 13.3. The molecular weight excluding hydrogens is 240 g/mol. The number of nitrogens with zero attached hydrogens (tertiary/aromatic N) is 3. The summed E-state index contributed by atoms with van der Waals surface area (Å²) >= 11 is 0. The first-order chi connectivity index (χ1) is 9.24. The SMILES string of the molecule is CCCNc1nc(C)cc(-c2ncccc2OC)n1. The van der Waals surface area contributed by atoms with E-state index in [9.17, 15) is 0 Å². The highest BCUT2D eigenvalue weighted by Gasteiger charge is 2.10. The third kappa shape index (κ3) is 3.19. The monoisotopic (exact) mass is 258 g/mol. The number of rotatable bonds is 5. The molecule has 19 heavy (non-hydrogen) atoms. The number of aryl methyl sites for hydroxylation is 1. The van der Waals surface area contributed by atoms with Gasteiger partial charge in [-0.15, -0.1) is 0 Å². The Morgan fingerprint density at radius 3 is 2.89 bits per heavy atom. The lowest BCUT2D eigenvalue weighted by atomic mass is 10.2. The minimum absolute atomic E-state index is 0.629. The summed E-state index contributed by atoms with van der Waals surface area (Å²) in [4.78, 5) is 13.2. The zero-order chi connectivity index (χ0) is 13.7. The van der Waals surface area contributed by atoms with Crippen LogP contribution in [0.4, 0.5) is 5.95 Å². The molecule has 0 aliphatic heterocycles. The molecule has 0 saturated carbocycles. The van der Waals surface area contributed by atoms with Gasteiger partial charge in [-0.2, -0.15) is 0 Å². The summed E-state index contributed by atoms with van der Waals surface area (Å²) in [6.07, 6.45) is 2.76. The maximum Gasteiger partial charge on any atom is 0.223 e. The molecule has 0 aliphatic carbocycles. The van der Waals surface area contributed by atoms with Gasteiger partial charge < -0.3 is 10.1 Å². The van der Waals surface area contributed by atoms with E-state index in [2.05, 4.69) is 27.2 Å². The molecule has 5 heteroatoms. The lowest BCUT2D eigenvalue weighted by molar-refractivity contribution is 0.414. The zero-order valence-corrected chi connectivity index (χ0v) is 11.5. The van der Waals surface area contributed by atoms with Crippen molar-refractivity contribution in [3.05, 3.63) is 30.1 Å². The lowest BCUT2D eigenvalue weighted by Crippen LogP contribution is -2.06. The molecule has 0 atom stereocenters. The molecule has 2 aromatic heterocycles. The highest BCUT2D eigenvalue weighted by atomic mass is 16.5. The van der Waals surface area contributed by atoms with Crippen molar-refractivity contribution in [3.63, 3.8) is 0 Å². The van der Waals surface area contributed by atoms with Gasteiger partial charge in [-0.05, 0) is 31.5 Å². The number of hydrogen-bond acceptors (Lipinski definition) is 5. The molecule has 0 unspecified atom stereocenters. The van der Waals surface area contributed by atoms with Crippen LogP contribution in [0.25, 0.3) is 11.4 Å². The second-order valence-electron chi connectivity index (χ2n) is 4.20. The first-order valence-corrected chi connectivity index (χ1v) is 6.33. The molecule has 2 heterocycles. The van der Waals surface area contributed by atoms with Crippen LogP contribution >= 0.6 is 0 Å². The molecule has 0 saturated heterocycles. The Morgan fingerprint density at radius 2 is 2.16 bits per heavy atom. The van der Waals surface area contributed by atoms with Crippen molar-refractivity contribution in [1.82, 2.24) is 15.0 Å². The Bertz CT molecular complexity index is 557. The molecule has 0 aliphatic rings. The van der Waals surface area contributed by atoms with Crippen molar-refractivity contribution in [2.45, 2.75) is 20.3 Å². The van der Waals surface area contributed by atoms with E-state index in [1.165, 1.54) is 0 Å². The molecule has 1 N–H and O–H groups in total. The summed E-state index contributed by atoms with van der Waals surface area (Å²) in [7, 11) is 1.63. The fourth-order valence-corrected chi connectivity index (χ4v) is 1.75. The Kier molecular flexibility index (Phi) is 4.28. The van der Waals surface area contributed by atoms with Gasteiger partial charge in [0.15, 0.2) is 0 Å². The van der Waals surface area contributed by atoms with Crippen molar-refractivity contribution < 1.29 is 4.74 Å². The number of nitrogens with one attached hydrogen (secondary N) is 1. The number of anilines is 1. The first-order valence-electron chi connectivity index (χ1n) is 6.33. The number of pyridine rings is 1. The average molecular weight is 258 g/mol. The number of aromatic nitrogens is 3. The number of hydrogen-bond donors (Lipinski definition) is 1. The topological polar surface area (TPSA) is 59.9 Å². The van der Waals surface area contributed by atoms with Crippen molar-refractivity contribution in [1.29, 1.82) is 0 Å². The maximum absolute atomic E-state index is 5.32. The van der Waals surface area contributed by atoms with Crippen LogP contribution in [0.15, 0.2) is 24.4 Å². The van der Waals surface area contributed by atoms with Gasteiger partial charge in [0.1, 0.15) is 11.4 Å². The Labute approximate surface area is 113 Å². The quantitative estimate of drug-likeness (QED) is 0.893. The van der Waals surface area contributed by atoms with Crippen LogP contribution in [0.2, 0.25) is 0 Å². The van der Waals surface area contributed by atoms with E-state index < -0.39 is 0 Å². The van der Waals surface area contributed by atoms with Crippen LogP contribution in [-0.2, 0) is 0 Å². The smallest absolute Gasteiger partial charge is 0.223 e. The molecule has 0 bridgehead atoms. The van der Waals surface area contributed by atoms with Crippen molar-refractivity contribution in [3.8, 4) is 17.1 Å². The predicted molar refractivity (Wildman–Crippen MR) is 75.3 cm³/mol. The minimum Gasteiger partial charge on any atom is -0.494 e. The maximum atomic E-state index is 5.32.